The molecule has 1 aliphatic heterocycles. The maximum absolute atomic E-state index is 12.3. The third-order valence-corrected chi connectivity index (χ3v) is 3.57. The average Bonchev–Trinajstić information content (AvgIpc) is 2.55. The number of carbonyl (C=O) groups is 1. The van der Waals surface area contributed by atoms with Crippen molar-refractivity contribution in [3.8, 4) is 5.75 Å². The molecule has 106 valence electrons. The lowest BCUT2D eigenvalue weighted by Gasteiger charge is -2.20. The molecule has 0 unspecified atom stereocenters. The predicted molar refractivity (Wildman–Crippen MR) is 82.9 cm³/mol. The second-order valence-corrected chi connectivity index (χ2v) is 5.10. The molecule has 1 aliphatic rings. The first-order valence-corrected chi connectivity index (χ1v) is 7.02. The molecule has 1 heterocycles. The summed E-state index contributed by atoms with van der Waals surface area (Å²) >= 11 is 0. The molecule has 0 radical (unpaired) electrons. The van der Waals surface area contributed by atoms with Gasteiger partial charge in [0.25, 0.3) is 5.91 Å². The van der Waals surface area contributed by atoms with E-state index in [0.29, 0.717) is 12.2 Å². The topological polar surface area (TPSA) is 38.3 Å². The Morgan fingerprint density at radius 2 is 1.81 bits per heavy atom. The molecule has 2 aromatic carbocycles. The zero-order chi connectivity index (χ0) is 14.7. The molecule has 3 rings (SSSR count). The van der Waals surface area contributed by atoms with Gasteiger partial charge in [0.1, 0.15) is 12.4 Å². The molecule has 2 aromatic rings. The first-order valence-electron chi connectivity index (χ1n) is 7.02. The molecular formula is C18H17NO2. The van der Waals surface area contributed by atoms with E-state index in [2.05, 4.69) is 5.32 Å². The predicted octanol–water partition coefficient (Wildman–Crippen LogP) is 3.34. The monoisotopic (exact) mass is 279 g/mol. The molecule has 0 fully saturated rings. The summed E-state index contributed by atoms with van der Waals surface area (Å²) in [6.07, 6.45) is 1.89. The number of benzene rings is 2. The highest BCUT2D eigenvalue weighted by atomic mass is 16.5. The summed E-state index contributed by atoms with van der Waals surface area (Å²) < 4.78 is 5.62. The van der Waals surface area contributed by atoms with Gasteiger partial charge in [0.05, 0.1) is 11.6 Å². The first-order chi connectivity index (χ1) is 10.2. The fraction of sp³-hybridized carbons (Fsp3) is 0.167. The minimum absolute atomic E-state index is 0.0308. The quantitative estimate of drug-likeness (QED) is 0.935. The van der Waals surface area contributed by atoms with Crippen molar-refractivity contribution in [2.24, 2.45) is 0 Å². The second kappa shape index (κ2) is 5.83. The van der Waals surface area contributed by atoms with Gasteiger partial charge in [-0.25, -0.2) is 0 Å². The van der Waals surface area contributed by atoms with Crippen molar-refractivity contribution >= 4 is 12.0 Å². The Bertz CT molecular complexity index is 677. The van der Waals surface area contributed by atoms with Crippen molar-refractivity contribution in [2.75, 3.05) is 6.61 Å². The van der Waals surface area contributed by atoms with Crippen LogP contribution in [0.25, 0.3) is 6.08 Å². The number of hydrogen-bond donors (Lipinski definition) is 1. The van der Waals surface area contributed by atoms with Crippen LogP contribution >= 0.6 is 0 Å². The molecular weight excluding hydrogens is 262 g/mol. The number of carbonyl (C=O) groups excluding carboxylic acids is 1. The van der Waals surface area contributed by atoms with Gasteiger partial charge in [-0.1, -0.05) is 48.5 Å². The van der Waals surface area contributed by atoms with Crippen LogP contribution < -0.4 is 10.1 Å². The summed E-state index contributed by atoms with van der Waals surface area (Å²) in [4.78, 5) is 12.3. The van der Waals surface area contributed by atoms with E-state index in [1.54, 1.807) is 0 Å². The lowest BCUT2D eigenvalue weighted by Crippen LogP contribution is -2.30. The van der Waals surface area contributed by atoms with Crippen molar-refractivity contribution in [2.45, 2.75) is 13.0 Å². The van der Waals surface area contributed by atoms with Crippen LogP contribution in [0.5, 0.6) is 5.75 Å². The highest BCUT2D eigenvalue weighted by molar-refractivity contribution is 5.99. The third kappa shape index (κ3) is 2.97. The van der Waals surface area contributed by atoms with Gasteiger partial charge in [-0.05, 0) is 24.6 Å². The fourth-order valence-electron chi connectivity index (χ4n) is 2.36. The van der Waals surface area contributed by atoms with Gasteiger partial charge < -0.3 is 10.1 Å². The maximum Gasteiger partial charge on any atom is 0.251 e. The summed E-state index contributed by atoms with van der Waals surface area (Å²) in [5, 5.41) is 3.01. The maximum atomic E-state index is 12.3. The third-order valence-electron chi connectivity index (χ3n) is 3.57. The lowest BCUT2D eigenvalue weighted by atomic mass is 10.1. The van der Waals surface area contributed by atoms with Crippen LogP contribution in [0.1, 0.15) is 24.1 Å². The number of rotatable bonds is 3. The molecule has 0 spiro atoms. The average molecular weight is 279 g/mol. The summed E-state index contributed by atoms with van der Waals surface area (Å²) in [5.41, 5.74) is 2.68. The van der Waals surface area contributed by atoms with E-state index in [1.165, 1.54) is 0 Å². The van der Waals surface area contributed by atoms with Crippen LogP contribution in [0.15, 0.2) is 60.2 Å². The molecule has 3 heteroatoms. The van der Waals surface area contributed by atoms with Crippen molar-refractivity contribution in [3.05, 3.63) is 71.3 Å². The first kappa shape index (κ1) is 13.4. The SMILES string of the molecule is C[C@H](NC(=O)C1=Cc2ccccc2OC1)c1ccccc1. The van der Waals surface area contributed by atoms with Crippen LogP contribution in [0.3, 0.4) is 0 Å². The normalized spacial score (nSPS) is 14.4. The second-order valence-electron chi connectivity index (χ2n) is 5.10. The van der Waals surface area contributed by atoms with E-state index in [9.17, 15) is 4.79 Å². The van der Waals surface area contributed by atoms with Gasteiger partial charge in [-0.3, -0.25) is 4.79 Å². The Morgan fingerprint density at radius 3 is 2.62 bits per heavy atom. The molecule has 0 aliphatic carbocycles. The van der Waals surface area contributed by atoms with Crippen LogP contribution in [0.2, 0.25) is 0 Å². The Kier molecular flexibility index (Phi) is 3.73. The number of amides is 1. The number of ether oxygens (including phenoxy) is 1. The number of para-hydroxylation sites is 1. The molecule has 1 amide bonds. The zero-order valence-corrected chi connectivity index (χ0v) is 11.9. The summed E-state index contributed by atoms with van der Waals surface area (Å²) in [5.74, 6) is 0.742. The van der Waals surface area contributed by atoms with Gasteiger partial charge >= 0.3 is 0 Å². The van der Waals surface area contributed by atoms with Crippen molar-refractivity contribution in [1.82, 2.24) is 5.32 Å². The van der Waals surface area contributed by atoms with Crippen LogP contribution in [-0.2, 0) is 4.79 Å². The molecule has 0 aromatic heterocycles. The van der Waals surface area contributed by atoms with E-state index in [4.69, 9.17) is 4.74 Å². The largest absolute Gasteiger partial charge is 0.488 e. The summed E-state index contributed by atoms with van der Waals surface area (Å²) in [7, 11) is 0. The van der Waals surface area contributed by atoms with E-state index in [-0.39, 0.29) is 11.9 Å². The molecule has 3 nitrogen and oxygen atoms in total. The summed E-state index contributed by atoms with van der Waals surface area (Å²) in [6, 6.07) is 17.6. The lowest BCUT2D eigenvalue weighted by molar-refractivity contribution is -0.118. The van der Waals surface area contributed by atoms with Crippen molar-refractivity contribution < 1.29 is 9.53 Å². The molecule has 1 N–H and O–H groups in total. The van der Waals surface area contributed by atoms with E-state index in [0.717, 1.165) is 16.9 Å². The number of hydrogen-bond acceptors (Lipinski definition) is 2. The Hall–Kier alpha value is -2.55. The highest BCUT2D eigenvalue weighted by Crippen LogP contribution is 2.26. The van der Waals surface area contributed by atoms with Gasteiger partial charge in [0.2, 0.25) is 0 Å². The minimum atomic E-state index is -0.0825. The Balaban J connectivity index is 1.74. The minimum Gasteiger partial charge on any atom is -0.488 e. The van der Waals surface area contributed by atoms with Gasteiger partial charge in [-0.2, -0.15) is 0 Å². The van der Waals surface area contributed by atoms with Crippen LogP contribution in [-0.4, -0.2) is 12.5 Å². The van der Waals surface area contributed by atoms with E-state index in [1.807, 2.05) is 67.6 Å². The summed E-state index contributed by atoms with van der Waals surface area (Å²) in [6.45, 7) is 2.29. The van der Waals surface area contributed by atoms with Gasteiger partial charge in [-0.15, -0.1) is 0 Å². The van der Waals surface area contributed by atoms with Gasteiger partial charge in [0.15, 0.2) is 0 Å². The smallest absolute Gasteiger partial charge is 0.251 e. The molecule has 0 saturated heterocycles. The van der Waals surface area contributed by atoms with Crippen LogP contribution in [0, 0.1) is 0 Å². The molecule has 21 heavy (non-hydrogen) atoms. The molecule has 0 saturated carbocycles. The zero-order valence-electron chi connectivity index (χ0n) is 11.9. The number of nitrogens with one attached hydrogen (secondary N) is 1. The van der Waals surface area contributed by atoms with E-state index >= 15 is 0 Å². The Labute approximate surface area is 124 Å². The standard InChI is InChI=1S/C18H17NO2/c1-13(14-7-3-2-4-8-14)19-18(20)16-11-15-9-5-6-10-17(15)21-12-16/h2-11,13H,12H2,1H3,(H,19,20)/t13-/m0/s1. The van der Waals surface area contributed by atoms with Crippen LogP contribution in [0.4, 0.5) is 0 Å². The number of fused-ring (bicyclic) bond motifs is 1. The van der Waals surface area contributed by atoms with Crippen molar-refractivity contribution in [1.29, 1.82) is 0 Å². The molecule has 0 bridgehead atoms. The van der Waals surface area contributed by atoms with E-state index < -0.39 is 0 Å². The highest BCUT2D eigenvalue weighted by Gasteiger charge is 2.18. The van der Waals surface area contributed by atoms with Gasteiger partial charge in [0, 0.05) is 5.56 Å². The Morgan fingerprint density at radius 1 is 1.10 bits per heavy atom. The van der Waals surface area contributed by atoms with Crippen molar-refractivity contribution in [3.63, 3.8) is 0 Å². The molecule has 1 atom stereocenters. The fourth-order valence-corrected chi connectivity index (χ4v) is 2.36.